The summed E-state index contributed by atoms with van der Waals surface area (Å²) in [4.78, 5) is 27.7. The average Bonchev–Trinajstić information content (AvgIpc) is 3.37. The Labute approximate surface area is 228 Å². The van der Waals surface area contributed by atoms with Gasteiger partial charge in [0.05, 0.1) is 17.1 Å². The summed E-state index contributed by atoms with van der Waals surface area (Å²) in [5.74, 6) is 0.719. The fraction of sp³-hybridized carbons (Fsp3) is 0.323. The molecule has 7 nitrogen and oxygen atoms in total. The van der Waals surface area contributed by atoms with Crippen LogP contribution < -0.4 is 10.6 Å². The number of amides is 2. The molecule has 0 aliphatic carbocycles. The molecule has 5 rings (SSSR count). The maximum Gasteiger partial charge on any atom is 0.319 e. The van der Waals surface area contributed by atoms with Gasteiger partial charge in [-0.2, -0.15) is 0 Å². The number of imidazole rings is 1. The molecule has 39 heavy (non-hydrogen) atoms. The minimum atomic E-state index is -0.325. The normalized spacial score (nSPS) is 14.5. The molecule has 0 radical (unpaired) electrons. The lowest BCUT2D eigenvalue weighted by atomic mass is 9.99. The number of pyridine rings is 1. The average molecular weight is 527 g/mol. The molecule has 0 bridgehead atoms. The van der Waals surface area contributed by atoms with Crippen LogP contribution in [0.2, 0.25) is 0 Å². The first-order valence-electron chi connectivity index (χ1n) is 13.5. The summed E-state index contributed by atoms with van der Waals surface area (Å²) in [6.07, 6.45) is 1.88. The predicted octanol–water partition coefficient (Wildman–Crippen LogP) is 6.59. The lowest BCUT2D eigenvalue weighted by Crippen LogP contribution is -2.44. The van der Waals surface area contributed by atoms with Gasteiger partial charge in [0, 0.05) is 34.5 Å². The van der Waals surface area contributed by atoms with E-state index in [4.69, 9.17) is 4.98 Å². The highest BCUT2D eigenvalue weighted by molar-refractivity contribution is 5.90. The highest BCUT2D eigenvalue weighted by Gasteiger charge is 2.20. The van der Waals surface area contributed by atoms with Gasteiger partial charge in [-0.15, -0.1) is 0 Å². The Morgan fingerprint density at radius 1 is 1.03 bits per heavy atom. The summed E-state index contributed by atoms with van der Waals surface area (Å²) in [7, 11) is 2.09. The molecule has 1 aliphatic rings. The van der Waals surface area contributed by atoms with Crippen molar-refractivity contribution in [1.29, 1.82) is 0 Å². The van der Waals surface area contributed by atoms with E-state index in [1.165, 1.54) is 6.07 Å². The van der Waals surface area contributed by atoms with E-state index in [0.29, 0.717) is 16.8 Å². The largest absolute Gasteiger partial charge is 0.340 e. The maximum absolute atomic E-state index is 15.1. The fourth-order valence-electron chi connectivity index (χ4n) is 4.87. The second kappa shape index (κ2) is 11.4. The minimum Gasteiger partial charge on any atom is -0.340 e. The molecule has 0 spiro atoms. The summed E-state index contributed by atoms with van der Waals surface area (Å²) in [6, 6.07) is 18.1. The number of nitrogens with one attached hydrogen (secondary N) is 3. The van der Waals surface area contributed by atoms with Crippen LogP contribution in [0.25, 0.3) is 33.8 Å². The summed E-state index contributed by atoms with van der Waals surface area (Å²) in [5.41, 5.74) is 5.89. The first-order chi connectivity index (χ1) is 18.8. The zero-order valence-corrected chi connectivity index (χ0v) is 22.9. The highest BCUT2D eigenvalue weighted by Crippen LogP contribution is 2.34. The van der Waals surface area contributed by atoms with E-state index < -0.39 is 0 Å². The zero-order chi connectivity index (χ0) is 27.5. The number of rotatable bonds is 6. The van der Waals surface area contributed by atoms with E-state index in [1.807, 2.05) is 43.3 Å². The van der Waals surface area contributed by atoms with E-state index in [0.717, 1.165) is 60.1 Å². The van der Waals surface area contributed by atoms with Crippen LogP contribution in [-0.2, 0) is 0 Å². The van der Waals surface area contributed by atoms with Crippen molar-refractivity contribution in [3.8, 4) is 33.8 Å². The van der Waals surface area contributed by atoms with E-state index in [2.05, 4.69) is 46.4 Å². The quantitative estimate of drug-likeness (QED) is 0.264. The molecule has 0 atom stereocenters. The number of urea groups is 1. The van der Waals surface area contributed by atoms with Gasteiger partial charge in [0.15, 0.2) is 0 Å². The third-order valence-corrected chi connectivity index (χ3v) is 7.16. The molecule has 2 aromatic heterocycles. The van der Waals surface area contributed by atoms with E-state index in [-0.39, 0.29) is 23.8 Å². The number of benzene rings is 2. The first kappa shape index (κ1) is 26.6. The molecule has 1 fully saturated rings. The van der Waals surface area contributed by atoms with Crippen LogP contribution >= 0.6 is 0 Å². The maximum atomic E-state index is 15.1. The fourth-order valence-corrected chi connectivity index (χ4v) is 4.87. The molecule has 1 aliphatic heterocycles. The number of aromatic amines is 1. The number of hydrogen-bond donors (Lipinski definition) is 3. The Balaban J connectivity index is 1.38. The van der Waals surface area contributed by atoms with Crippen molar-refractivity contribution >= 4 is 11.7 Å². The molecule has 202 valence electrons. The minimum absolute atomic E-state index is 0.176. The molecule has 8 heteroatoms. The number of aryl methyl sites for hydroxylation is 1. The number of hydrogen-bond acceptors (Lipinski definition) is 4. The van der Waals surface area contributed by atoms with Crippen molar-refractivity contribution in [3.63, 3.8) is 0 Å². The van der Waals surface area contributed by atoms with E-state index in [9.17, 15) is 4.79 Å². The Bertz CT molecular complexity index is 1450. The molecule has 4 aromatic rings. The van der Waals surface area contributed by atoms with Crippen LogP contribution in [-0.4, -0.2) is 52.1 Å². The van der Waals surface area contributed by atoms with Crippen molar-refractivity contribution in [2.75, 3.05) is 25.5 Å². The smallest absolute Gasteiger partial charge is 0.319 e. The van der Waals surface area contributed by atoms with Gasteiger partial charge in [-0.05, 0) is 87.9 Å². The van der Waals surface area contributed by atoms with Gasteiger partial charge in [0.25, 0.3) is 0 Å². The van der Waals surface area contributed by atoms with Gasteiger partial charge in [0.1, 0.15) is 11.6 Å². The van der Waals surface area contributed by atoms with Crippen LogP contribution in [0.3, 0.4) is 0 Å². The number of piperidine rings is 1. The van der Waals surface area contributed by atoms with Crippen LogP contribution in [0.4, 0.5) is 14.9 Å². The number of H-pyrrole nitrogens is 1. The van der Waals surface area contributed by atoms with Crippen LogP contribution in [0, 0.1) is 12.7 Å². The molecule has 1 saturated heterocycles. The molecule has 0 unspecified atom stereocenters. The van der Waals surface area contributed by atoms with Crippen LogP contribution in [0.5, 0.6) is 0 Å². The zero-order valence-electron chi connectivity index (χ0n) is 22.9. The van der Waals surface area contributed by atoms with Crippen molar-refractivity contribution < 1.29 is 9.18 Å². The predicted molar refractivity (Wildman–Crippen MR) is 154 cm³/mol. The Kier molecular flexibility index (Phi) is 7.74. The highest BCUT2D eigenvalue weighted by atomic mass is 19.1. The number of halogens is 1. The molecule has 3 N–H and O–H groups in total. The van der Waals surface area contributed by atoms with Gasteiger partial charge in [-0.1, -0.05) is 32.0 Å². The van der Waals surface area contributed by atoms with Crippen LogP contribution in [0.1, 0.15) is 44.1 Å². The lowest BCUT2D eigenvalue weighted by Gasteiger charge is -2.29. The second-order valence-corrected chi connectivity index (χ2v) is 10.6. The number of nitrogens with zero attached hydrogens (tertiary/aromatic N) is 3. The van der Waals surface area contributed by atoms with Gasteiger partial charge in [0.2, 0.25) is 0 Å². The Morgan fingerprint density at radius 3 is 2.44 bits per heavy atom. The van der Waals surface area contributed by atoms with Gasteiger partial charge < -0.3 is 20.5 Å². The third-order valence-electron chi connectivity index (χ3n) is 7.16. The topological polar surface area (TPSA) is 85.9 Å². The number of carbonyl (C=O) groups excluding carboxylic acids is 1. The molecular formula is C31H35FN6O. The molecule has 2 amide bonds. The summed E-state index contributed by atoms with van der Waals surface area (Å²) in [6.45, 7) is 8.07. The van der Waals surface area contributed by atoms with Crippen molar-refractivity contribution in [2.24, 2.45) is 0 Å². The molecule has 0 saturated carbocycles. The molecule has 3 heterocycles. The third kappa shape index (κ3) is 6.17. The number of anilines is 1. The van der Waals surface area contributed by atoms with E-state index >= 15 is 4.39 Å². The number of carbonyl (C=O) groups is 1. The van der Waals surface area contributed by atoms with Gasteiger partial charge >= 0.3 is 6.03 Å². The van der Waals surface area contributed by atoms with E-state index in [1.54, 1.807) is 18.2 Å². The van der Waals surface area contributed by atoms with Crippen molar-refractivity contribution in [2.45, 2.75) is 45.6 Å². The summed E-state index contributed by atoms with van der Waals surface area (Å²) in [5, 5.41) is 5.95. The first-order valence-corrected chi connectivity index (χ1v) is 13.5. The lowest BCUT2D eigenvalue weighted by molar-refractivity contribution is 0.221. The second-order valence-electron chi connectivity index (χ2n) is 10.6. The van der Waals surface area contributed by atoms with Crippen molar-refractivity contribution in [1.82, 2.24) is 25.2 Å². The van der Waals surface area contributed by atoms with Gasteiger partial charge in [-0.3, -0.25) is 4.98 Å². The number of aromatic nitrogens is 3. The number of likely N-dealkylation sites (tertiary alicyclic amines) is 1. The summed E-state index contributed by atoms with van der Waals surface area (Å²) < 4.78 is 15.1. The molecule has 2 aromatic carbocycles. The monoisotopic (exact) mass is 526 g/mol. The molecular weight excluding hydrogens is 491 g/mol. The van der Waals surface area contributed by atoms with Crippen molar-refractivity contribution in [3.05, 3.63) is 78.0 Å². The Hall–Kier alpha value is -4.04. The summed E-state index contributed by atoms with van der Waals surface area (Å²) >= 11 is 0. The Morgan fingerprint density at radius 2 is 1.74 bits per heavy atom. The van der Waals surface area contributed by atoms with Crippen LogP contribution in [0.15, 0.2) is 60.7 Å². The standard InChI is InChI=1S/C31H35FN6O/c1-19(2)30-36-28(29(37-30)27-7-5-6-20(3)33-27)22-10-13-26(32)25(18-22)21-8-11-23(12-9-21)34-31(39)35-24-14-16-38(4)17-15-24/h5-13,18-19,24H,14-17H2,1-4H3,(H,36,37)(H2,34,35,39). The van der Waals surface area contributed by atoms with Gasteiger partial charge in [-0.25, -0.2) is 14.2 Å². The SMILES string of the molecule is Cc1cccc(-c2[nH]c(C(C)C)nc2-c2ccc(F)c(-c3ccc(NC(=O)NC4CCN(C)CC4)cc3)c2)n1.